The summed E-state index contributed by atoms with van der Waals surface area (Å²) >= 11 is 1.28. The highest BCUT2D eigenvalue weighted by atomic mass is 32.2. The van der Waals surface area contributed by atoms with Gasteiger partial charge in [-0.2, -0.15) is 19.0 Å². The van der Waals surface area contributed by atoms with Gasteiger partial charge in [0.2, 0.25) is 0 Å². The number of rotatable bonds is 7. The molecule has 0 amide bonds. The Bertz CT molecular complexity index is 646. The van der Waals surface area contributed by atoms with Gasteiger partial charge < -0.3 is 10.5 Å². The third-order valence-electron chi connectivity index (χ3n) is 4.19. The molecule has 0 aromatic heterocycles. The van der Waals surface area contributed by atoms with Crippen molar-refractivity contribution in [1.82, 2.24) is 5.48 Å². The molecule has 3 N–H and O–H groups in total. The molecule has 0 aliphatic heterocycles. The maximum absolute atomic E-state index is 5.75. The fourth-order valence-corrected chi connectivity index (χ4v) is 3.09. The van der Waals surface area contributed by atoms with Gasteiger partial charge >= 0.3 is 0 Å². The minimum Gasteiger partial charge on any atom is -0.497 e. The summed E-state index contributed by atoms with van der Waals surface area (Å²) in [6.45, 7) is 0. The second-order valence-electron chi connectivity index (χ2n) is 5.98. The smallest absolute Gasteiger partial charge is 0.135 e. The van der Waals surface area contributed by atoms with Crippen molar-refractivity contribution in [3.63, 3.8) is 0 Å². The van der Waals surface area contributed by atoms with Crippen molar-refractivity contribution in [2.24, 2.45) is 5.73 Å². The average molecular weight is 380 g/mol. The molecule has 0 radical (unpaired) electrons. The Balaban J connectivity index is 0.00000225. The number of ether oxygens (including phenoxy) is 1. The maximum Gasteiger partial charge on any atom is 0.135 e. The highest BCUT2D eigenvalue weighted by Gasteiger charge is 2.26. The number of nitrogens with two attached hydrogens (primary N) is 1. The standard InChI is InChI=1S/C18H23N3O2S.H2S/c1-21(24-23-20-16-11-15(19)12-16)17-7-3-13(4-8-17)14-5-9-18(22-2)10-6-14;/h3-10,15-16,20H,11-12,19H2,1-2H3;1H2. The van der Waals surface area contributed by atoms with Crippen LogP contribution >= 0.6 is 25.7 Å². The minimum atomic E-state index is 0. The molecule has 0 heterocycles. The summed E-state index contributed by atoms with van der Waals surface area (Å²) in [6, 6.07) is 17.1. The first-order valence-corrected chi connectivity index (χ1v) is 8.68. The van der Waals surface area contributed by atoms with Gasteiger partial charge in [0.05, 0.1) is 7.11 Å². The summed E-state index contributed by atoms with van der Waals surface area (Å²) in [5.74, 6) is 0.864. The van der Waals surface area contributed by atoms with Crippen molar-refractivity contribution in [3.05, 3.63) is 48.5 Å². The van der Waals surface area contributed by atoms with Crippen LogP contribution < -0.4 is 20.3 Å². The molecule has 1 fully saturated rings. The van der Waals surface area contributed by atoms with E-state index < -0.39 is 0 Å². The Kier molecular flexibility index (Phi) is 7.46. The molecule has 7 heteroatoms. The quantitative estimate of drug-likeness (QED) is 0.436. The molecule has 1 aliphatic rings. The van der Waals surface area contributed by atoms with Crippen LogP contribution in [0.2, 0.25) is 0 Å². The fourth-order valence-electron chi connectivity index (χ4n) is 2.59. The topological polar surface area (TPSA) is 59.8 Å². The van der Waals surface area contributed by atoms with Crippen molar-refractivity contribution in [2.45, 2.75) is 24.9 Å². The minimum absolute atomic E-state index is 0. The molecule has 0 saturated heterocycles. The molecule has 0 unspecified atom stereocenters. The summed E-state index contributed by atoms with van der Waals surface area (Å²) in [6.07, 6.45) is 1.95. The average Bonchev–Trinajstić information content (AvgIpc) is 2.60. The molecule has 25 heavy (non-hydrogen) atoms. The van der Waals surface area contributed by atoms with Crippen LogP contribution in [-0.4, -0.2) is 26.2 Å². The van der Waals surface area contributed by atoms with Crippen LogP contribution in [-0.2, 0) is 4.28 Å². The van der Waals surface area contributed by atoms with Gasteiger partial charge in [0, 0.05) is 24.8 Å². The lowest BCUT2D eigenvalue weighted by molar-refractivity contribution is 0.127. The normalized spacial score (nSPS) is 18.8. The Morgan fingerprint density at radius 2 is 1.60 bits per heavy atom. The van der Waals surface area contributed by atoms with Gasteiger partial charge in [-0.1, -0.05) is 24.3 Å². The monoisotopic (exact) mass is 379 g/mol. The van der Waals surface area contributed by atoms with E-state index in [9.17, 15) is 0 Å². The van der Waals surface area contributed by atoms with E-state index in [0.717, 1.165) is 29.8 Å². The maximum atomic E-state index is 5.75. The van der Waals surface area contributed by atoms with Crippen molar-refractivity contribution < 1.29 is 9.02 Å². The number of anilines is 1. The van der Waals surface area contributed by atoms with Crippen molar-refractivity contribution in [3.8, 4) is 16.9 Å². The lowest BCUT2D eigenvalue weighted by Crippen LogP contribution is -2.47. The molecule has 136 valence electrons. The predicted molar refractivity (Wildman–Crippen MR) is 110 cm³/mol. The van der Waals surface area contributed by atoms with Gasteiger partial charge in [-0.15, -0.1) is 0 Å². The zero-order chi connectivity index (χ0) is 16.9. The molecule has 2 aromatic carbocycles. The number of hydrogen-bond acceptors (Lipinski definition) is 6. The summed E-state index contributed by atoms with van der Waals surface area (Å²) in [5.41, 5.74) is 12.2. The fraction of sp³-hybridized carbons (Fsp3) is 0.333. The van der Waals surface area contributed by atoms with Gasteiger partial charge in [0.1, 0.15) is 18.0 Å². The van der Waals surface area contributed by atoms with Crippen molar-refractivity contribution in [2.75, 3.05) is 18.5 Å². The SMILES string of the molecule is COc1ccc(-c2ccc(N(C)SONC3CC(N)C3)cc2)cc1.S. The Morgan fingerprint density at radius 3 is 2.12 bits per heavy atom. The van der Waals surface area contributed by atoms with Crippen LogP contribution in [0.1, 0.15) is 12.8 Å². The molecule has 2 aromatic rings. The third kappa shape index (κ3) is 5.29. The van der Waals surface area contributed by atoms with E-state index in [2.05, 4.69) is 41.9 Å². The predicted octanol–water partition coefficient (Wildman–Crippen LogP) is 3.49. The van der Waals surface area contributed by atoms with E-state index in [1.807, 2.05) is 23.5 Å². The highest BCUT2D eigenvalue weighted by molar-refractivity contribution is 7.96. The Morgan fingerprint density at radius 1 is 1.04 bits per heavy atom. The number of hydrogen-bond donors (Lipinski definition) is 2. The largest absolute Gasteiger partial charge is 0.497 e. The van der Waals surface area contributed by atoms with E-state index in [1.54, 1.807) is 7.11 Å². The van der Waals surface area contributed by atoms with E-state index in [1.165, 1.54) is 17.8 Å². The van der Waals surface area contributed by atoms with Gasteiger partial charge in [-0.3, -0.25) is 4.31 Å². The lowest BCUT2D eigenvalue weighted by Gasteiger charge is -2.32. The van der Waals surface area contributed by atoms with Crippen molar-refractivity contribution >= 4 is 31.4 Å². The van der Waals surface area contributed by atoms with Crippen LogP contribution in [0, 0.1) is 0 Å². The number of benzene rings is 2. The highest BCUT2D eigenvalue weighted by Crippen LogP contribution is 2.27. The van der Waals surface area contributed by atoms with Crippen LogP contribution in [0.5, 0.6) is 5.75 Å². The van der Waals surface area contributed by atoms with Gasteiger partial charge in [0.25, 0.3) is 0 Å². The number of nitrogens with one attached hydrogen (secondary N) is 1. The zero-order valence-corrected chi connectivity index (χ0v) is 16.3. The first-order valence-electron chi connectivity index (χ1n) is 7.98. The van der Waals surface area contributed by atoms with E-state index >= 15 is 0 Å². The van der Waals surface area contributed by atoms with E-state index in [0.29, 0.717) is 12.1 Å². The first-order chi connectivity index (χ1) is 11.7. The number of methoxy groups -OCH3 is 1. The lowest BCUT2D eigenvalue weighted by atomic mass is 9.88. The Hall–Kier alpha value is -1.38. The molecule has 0 atom stereocenters. The molecular weight excluding hydrogens is 354 g/mol. The van der Waals surface area contributed by atoms with Gasteiger partial charge in [-0.25, -0.2) is 4.28 Å². The van der Waals surface area contributed by atoms with Gasteiger partial charge in [0.15, 0.2) is 0 Å². The zero-order valence-electron chi connectivity index (χ0n) is 14.4. The number of nitrogens with zero attached hydrogens (tertiary/aromatic N) is 1. The Labute approximate surface area is 160 Å². The second-order valence-corrected chi connectivity index (χ2v) is 6.84. The summed E-state index contributed by atoms with van der Waals surface area (Å²) in [7, 11) is 3.65. The van der Waals surface area contributed by atoms with Crippen molar-refractivity contribution in [1.29, 1.82) is 0 Å². The third-order valence-corrected chi connectivity index (χ3v) is 4.80. The van der Waals surface area contributed by atoms with Crippen LogP contribution in [0.3, 0.4) is 0 Å². The van der Waals surface area contributed by atoms with Crippen LogP contribution in [0.15, 0.2) is 48.5 Å². The molecule has 1 aliphatic carbocycles. The van der Waals surface area contributed by atoms with E-state index in [4.69, 9.17) is 14.8 Å². The molecule has 0 spiro atoms. The first kappa shape index (κ1) is 19.9. The van der Waals surface area contributed by atoms with Crippen LogP contribution in [0.25, 0.3) is 11.1 Å². The van der Waals surface area contributed by atoms with E-state index in [-0.39, 0.29) is 13.5 Å². The van der Waals surface area contributed by atoms with Gasteiger partial charge in [-0.05, 0) is 48.2 Å². The molecular formula is C18H25N3O2S2. The summed E-state index contributed by atoms with van der Waals surface area (Å²) < 4.78 is 12.6. The molecule has 5 nitrogen and oxygen atoms in total. The molecule has 0 bridgehead atoms. The van der Waals surface area contributed by atoms with Crippen LogP contribution in [0.4, 0.5) is 5.69 Å². The summed E-state index contributed by atoms with van der Waals surface area (Å²) in [5, 5.41) is 0. The number of hydroxylamine groups is 1. The molecule has 1 saturated carbocycles. The summed E-state index contributed by atoms with van der Waals surface area (Å²) in [4.78, 5) is 0. The molecule has 3 rings (SSSR count). The second kappa shape index (κ2) is 9.35.